The first-order chi connectivity index (χ1) is 6.24. The molecule has 1 aliphatic carbocycles. The predicted octanol–water partition coefficient (Wildman–Crippen LogP) is 1.49. The smallest absolute Gasteiger partial charge is 0.0740 e. The molecule has 0 atom stereocenters. The van der Waals surface area contributed by atoms with Crippen molar-refractivity contribution in [2.45, 2.75) is 25.3 Å². The second-order valence-corrected chi connectivity index (χ2v) is 4.99. The van der Waals surface area contributed by atoms with Gasteiger partial charge in [0.15, 0.2) is 0 Å². The van der Waals surface area contributed by atoms with Crippen LogP contribution in [0, 0.1) is 0 Å². The molecule has 13 heavy (non-hydrogen) atoms. The van der Waals surface area contributed by atoms with E-state index in [-0.39, 0.29) is 0 Å². The molecule has 0 aliphatic heterocycles. The molecule has 2 N–H and O–H groups in total. The largest absolute Gasteiger partial charge is 0.393 e. The van der Waals surface area contributed by atoms with E-state index in [2.05, 4.69) is 11.2 Å². The van der Waals surface area contributed by atoms with Gasteiger partial charge in [-0.3, -0.25) is 4.90 Å². The summed E-state index contributed by atoms with van der Waals surface area (Å²) in [6.45, 7) is 2.25. The van der Waals surface area contributed by atoms with Gasteiger partial charge in [-0.2, -0.15) is 11.8 Å². The Bertz CT molecular complexity index is 169. The molecule has 0 heterocycles. The van der Waals surface area contributed by atoms with Crippen molar-refractivity contribution in [2.24, 2.45) is 5.73 Å². The van der Waals surface area contributed by atoms with E-state index in [0.29, 0.717) is 4.99 Å². The van der Waals surface area contributed by atoms with Crippen LogP contribution in [0.4, 0.5) is 0 Å². The predicted molar refractivity (Wildman–Crippen MR) is 64.4 cm³/mol. The average molecular weight is 218 g/mol. The zero-order valence-electron chi connectivity index (χ0n) is 8.16. The minimum absolute atomic E-state index is 0.648. The Labute approximate surface area is 90.2 Å². The van der Waals surface area contributed by atoms with E-state index >= 15 is 0 Å². The van der Waals surface area contributed by atoms with Crippen LogP contribution in [0.15, 0.2) is 0 Å². The lowest BCUT2D eigenvalue weighted by molar-refractivity contribution is 0.289. The van der Waals surface area contributed by atoms with Crippen LogP contribution in [0.1, 0.15) is 19.3 Å². The van der Waals surface area contributed by atoms with Crippen molar-refractivity contribution in [3.63, 3.8) is 0 Å². The Morgan fingerprint density at radius 3 is 2.69 bits per heavy atom. The van der Waals surface area contributed by atoms with E-state index in [1.807, 2.05) is 11.8 Å². The second-order valence-electron chi connectivity index (χ2n) is 3.48. The molecule has 0 saturated heterocycles. The van der Waals surface area contributed by atoms with Crippen molar-refractivity contribution >= 4 is 29.0 Å². The lowest BCUT2D eigenvalue weighted by Crippen LogP contribution is -2.31. The summed E-state index contributed by atoms with van der Waals surface area (Å²) in [5.74, 6) is 1.22. The maximum Gasteiger partial charge on any atom is 0.0740 e. The number of rotatable bonds is 7. The molecule has 1 saturated carbocycles. The van der Waals surface area contributed by atoms with E-state index < -0.39 is 0 Å². The Balaban J connectivity index is 2.17. The van der Waals surface area contributed by atoms with E-state index in [4.69, 9.17) is 18.0 Å². The molecule has 1 aliphatic rings. The minimum Gasteiger partial charge on any atom is -0.393 e. The summed E-state index contributed by atoms with van der Waals surface area (Å²) >= 11 is 6.78. The summed E-state index contributed by atoms with van der Waals surface area (Å²) in [5, 5.41) is 0. The molecule has 0 aromatic rings. The molecule has 0 bridgehead atoms. The number of thiocarbonyl (C=S) groups is 1. The summed E-state index contributed by atoms with van der Waals surface area (Å²) in [6.07, 6.45) is 5.76. The van der Waals surface area contributed by atoms with Crippen LogP contribution < -0.4 is 5.73 Å². The van der Waals surface area contributed by atoms with Gasteiger partial charge in [0.1, 0.15) is 0 Å². The van der Waals surface area contributed by atoms with E-state index in [1.165, 1.54) is 25.1 Å². The number of hydrogen-bond donors (Lipinski definition) is 1. The first-order valence-corrected chi connectivity index (χ1v) is 6.55. The topological polar surface area (TPSA) is 29.3 Å². The highest BCUT2D eigenvalue weighted by molar-refractivity contribution is 7.98. The van der Waals surface area contributed by atoms with Gasteiger partial charge in [-0.15, -0.1) is 0 Å². The number of nitrogens with two attached hydrogens (primary N) is 1. The molecule has 0 aromatic heterocycles. The fraction of sp³-hybridized carbons (Fsp3) is 0.889. The normalized spacial score (nSPS) is 16.5. The first kappa shape index (κ1) is 11.3. The third kappa shape index (κ3) is 4.84. The van der Waals surface area contributed by atoms with Crippen molar-refractivity contribution in [3.8, 4) is 0 Å². The molecule has 1 rings (SSSR count). The highest BCUT2D eigenvalue weighted by Crippen LogP contribution is 2.26. The minimum atomic E-state index is 0.648. The number of nitrogens with zero attached hydrogens (tertiary/aromatic N) is 1. The molecule has 76 valence electrons. The molecule has 4 heteroatoms. The van der Waals surface area contributed by atoms with Gasteiger partial charge in [0.2, 0.25) is 0 Å². The van der Waals surface area contributed by atoms with Crippen LogP contribution >= 0.6 is 24.0 Å². The Morgan fingerprint density at radius 2 is 2.23 bits per heavy atom. The third-order valence-electron chi connectivity index (χ3n) is 2.29. The molecule has 0 radical (unpaired) electrons. The molecule has 1 fully saturated rings. The lowest BCUT2D eigenvalue weighted by Gasteiger charge is -2.20. The lowest BCUT2D eigenvalue weighted by atomic mass is 10.3. The molecular weight excluding hydrogens is 200 g/mol. The van der Waals surface area contributed by atoms with Crippen molar-refractivity contribution in [1.82, 2.24) is 4.90 Å². The SMILES string of the molecule is CSCCN(CCC(N)=S)C1CC1. The summed E-state index contributed by atoms with van der Waals surface area (Å²) in [4.78, 5) is 3.17. The molecule has 0 spiro atoms. The van der Waals surface area contributed by atoms with Crippen LogP contribution in [0.5, 0.6) is 0 Å². The Hall–Kier alpha value is 0.200. The Kier molecular flexibility index (Phi) is 5.06. The first-order valence-electron chi connectivity index (χ1n) is 4.75. The third-order valence-corrected chi connectivity index (χ3v) is 3.09. The summed E-state index contributed by atoms with van der Waals surface area (Å²) < 4.78 is 0. The van der Waals surface area contributed by atoms with Crippen molar-refractivity contribution < 1.29 is 0 Å². The van der Waals surface area contributed by atoms with Gasteiger partial charge in [-0.05, 0) is 19.1 Å². The molecule has 0 aromatic carbocycles. The molecular formula is C9H18N2S2. The Morgan fingerprint density at radius 1 is 1.54 bits per heavy atom. The quantitative estimate of drug-likeness (QED) is 0.656. The van der Waals surface area contributed by atoms with Gasteiger partial charge in [0.25, 0.3) is 0 Å². The van der Waals surface area contributed by atoms with Crippen LogP contribution in [0.2, 0.25) is 0 Å². The van der Waals surface area contributed by atoms with E-state index in [0.717, 1.165) is 19.0 Å². The van der Waals surface area contributed by atoms with Gasteiger partial charge >= 0.3 is 0 Å². The maximum atomic E-state index is 5.49. The fourth-order valence-corrected chi connectivity index (χ4v) is 1.89. The van der Waals surface area contributed by atoms with Gasteiger partial charge in [0, 0.05) is 31.3 Å². The second kappa shape index (κ2) is 5.83. The molecule has 0 unspecified atom stereocenters. The van der Waals surface area contributed by atoms with E-state index in [1.54, 1.807) is 0 Å². The number of thioether (sulfide) groups is 1. The van der Waals surface area contributed by atoms with Gasteiger partial charge in [-0.25, -0.2) is 0 Å². The van der Waals surface area contributed by atoms with Crippen LogP contribution in [-0.2, 0) is 0 Å². The van der Waals surface area contributed by atoms with Crippen molar-refractivity contribution in [2.75, 3.05) is 25.1 Å². The van der Waals surface area contributed by atoms with Crippen LogP contribution in [0.25, 0.3) is 0 Å². The molecule has 2 nitrogen and oxygen atoms in total. The monoisotopic (exact) mass is 218 g/mol. The summed E-state index contributed by atoms with van der Waals surface area (Å²) in [5.41, 5.74) is 5.49. The summed E-state index contributed by atoms with van der Waals surface area (Å²) in [6, 6.07) is 0.835. The van der Waals surface area contributed by atoms with E-state index in [9.17, 15) is 0 Å². The van der Waals surface area contributed by atoms with Gasteiger partial charge in [0.05, 0.1) is 4.99 Å². The van der Waals surface area contributed by atoms with Crippen molar-refractivity contribution in [1.29, 1.82) is 0 Å². The maximum absolute atomic E-state index is 5.49. The van der Waals surface area contributed by atoms with Crippen molar-refractivity contribution in [3.05, 3.63) is 0 Å². The van der Waals surface area contributed by atoms with Gasteiger partial charge in [-0.1, -0.05) is 12.2 Å². The average Bonchev–Trinajstić information content (AvgIpc) is 2.87. The number of hydrogen-bond acceptors (Lipinski definition) is 3. The fourth-order valence-electron chi connectivity index (χ4n) is 1.38. The molecule has 0 amide bonds. The summed E-state index contributed by atoms with van der Waals surface area (Å²) in [7, 11) is 0. The standard InChI is InChI=1S/C9H18N2S2/c1-13-7-6-11(8-2-3-8)5-4-9(10)12/h8H,2-7H2,1H3,(H2,10,12). The highest BCUT2D eigenvalue weighted by atomic mass is 32.2. The van der Waals surface area contributed by atoms with Crippen LogP contribution in [-0.4, -0.2) is 41.0 Å². The van der Waals surface area contributed by atoms with Gasteiger partial charge < -0.3 is 5.73 Å². The zero-order valence-corrected chi connectivity index (χ0v) is 9.79. The zero-order chi connectivity index (χ0) is 9.68. The van der Waals surface area contributed by atoms with Crippen LogP contribution in [0.3, 0.4) is 0 Å². The highest BCUT2D eigenvalue weighted by Gasteiger charge is 2.27.